The second kappa shape index (κ2) is 7.81. The zero-order valence-corrected chi connectivity index (χ0v) is 17.7. The molecule has 0 N–H and O–H groups in total. The van der Waals surface area contributed by atoms with Crippen LogP contribution in [0.2, 0.25) is 0 Å². The maximum Gasteiger partial charge on any atom is 0.417 e. The van der Waals surface area contributed by atoms with Crippen molar-refractivity contribution in [3.05, 3.63) is 59.2 Å². The van der Waals surface area contributed by atoms with Crippen LogP contribution >= 0.6 is 12.6 Å². The van der Waals surface area contributed by atoms with Gasteiger partial charge in [0.1, 0.15) is 5.54 Å². The Morgan fingerprint density at radius 2 is 1.74 bits per heavy atom. The van der Waals surface area contributed by atoms with Gasteiger partial charge in [-0.3, -0.25) is 9.69 Å². The SMILES string of the molecule is COC(=O)c1ccc(N2C(S)N(c3ccc(C#N)c(C(F)(F)F)c3)C(=O)C2(C)C)cc1. The van der Waals surface area contributed by atoms with Crippen LogP contribution in [0.1, 0.15) is 35.3 Å². The lowest BCUT2D eigenvalue weighted by Gasteiger charge is -2.33. The summed E-state index contributed by atoms with van der Waals surface area (Å²) < 4.78 is 44.9. The molecular formula is C21H18F3N3O3S. The van der Waals surface area contributed by atoms with Crippen molar-refractivity contribution in [1.82, 2.24) is 0 Å². The Kier molecular flexibility index (Phi) is 5.67. The lowest BCUT2D eigenvalue weighted by atomic mass is 10.0. The summed E-state index contributed by atoms with van der Waals surface area (Å²) in [6.07, 6.45) is -4.76. The monoisotopic (exact) mass is 449 g/mol. The minimum Gasteiger partial charge on any atom is -0.465 e. The van der Waals surface area contributed by atoms with Crippen molar-refractivity contribution in [3.8, 4) is 6.07 Å². The number of nitrogens with zero attached hydrogens (tertiary/aromatic N) is 3. The van der Waals surface area contributed by atoms with Crippen LogP contribution < -0.4 is 9.80 Å². The number of methoxy groups -OCH3 is 1. The summed E-state index contributed by atoms with van der Waals surface area (Å²) in [6.45, 7) is 3.25. The summed E-state index contributed by atoms with van der Waals surface area (Å²) in [5.41, 5.74) is -2.92. The fraction of sp³-hybridized carbons (Fsp3) is 0.286. The predicted molar refractivity (Wildman–Crippen MR) is 111 cm³/mol. The van der Waals surface area contributed by atoms with Crippen LogP contribution in [0.25, 0.3) is 0 Å². The van der Waals surface area contributed by atoms with Crippen LogP contribution in [0.4, 0.5) is 24.5 Å². The fourth-order valence-corrected chi connectivity index (χ4v) is 4.16. The number of benzene rings is 2. The normalized spacial score (nSPS) is 18.1. The number of alkyl halides is 3. The number of hydrogen-bond acceptors (Lipinski definition) is 6. The Hall–Kier alpha value is -3.19. The highest BCUT2D eigenvalue weighted by atomic mass is 32.1. The summed E-state index contributed by atoms with van der Waals surface area (Å²) >= 11 is 4.51. The van der Waals surface area contributed by atoms with E-state index in [2.05, 4.69) is 17.4 Å². The van der Waals surface area contributed by atoms with E-state index in [-0.39, 0.29) is 5.69 Å². The molecule has 1 heterocycles. The van der Waals surface area contributed by atoms with E-state index in [0.717, 1.165) is 17.0 Å². The molecule has 1 unspecified atom stereocenters. The molecule has 0 aliphatic carbocycles. The van der Waals surface area contributed by atoms with Gasteiger partial charge in [0.05, 0.1) is 29.9 Å². The summed E-state index contributed by atoms with van der Waals surface area (Å²) in [7, 11) is 1.26. The van der Waals surface area contributed by atoms with Gasteiger partial charge in [0.15, 0.2) is 5.50 Å². The molecule has 1 aliphatic heterocycles. The average molecular weight is 449 g/mol. The zero-order chi connectivity index (χ0) is 23.1. The molecule has 3 rings (SSSR count). The zero-order valence-electron chi connectivity index (χ0n) is 16.8. The summed E-state index contributed by atoms with van der Waals surface area (Å²) in [4.78, 5) is 27.6. The van der Waals surface area contributed by atoms with E-state index >= 15 is 0 Å². The number of esters is 1. The van der Waals surface area contributed by atoms with Crippen LogP contribution in [0, 0.1) is 11.3 Å². The van der Waals surface area contributed by atoms with Crippen molar-refractivity contribution >= 4 is 35.9 Å². The molecule has 31 heavy (non-hydrogen) atoms. The molecule has 6 nitrogen and oxygen atoms in total. The molecule has 2 aromatic carbocycles. The topological polar surface area (TPSA) is 73.6 Å². The highest BCUT2D eigenvalue weighted by Gasteiger charge is 2.51. The first kappa shape index (κ1) is 22.5. The number of carbonyl (C=O) groups excluding carboxylic acids is 2. The van der Waals surface area contributed by atoms with Gasteiger partial charge in [-0.15, -0.1) is 12.6 Å². The molecule has 1 aliphatic rings. The third kappa shape index (κ3) is 3.81. The molecular weight excluding hydrogens is 431 g/mol. The summed E-state index contributed by atoms with van der Waals surface area (Å²) in [5, 5.41) is 9.01. The first-order chi connectivity index (χ1) is 14.4. The summed E-state index contributed by atoms with van der Waals surface area (Å²) in [5.74, 6) is -0.994. The lowest BCUT2D eigenvalue weighted by molar-refractivity contribution is -0.137. The molecule has 1 amide bonds. The Bertz CT molecular complexity index is 1080. The fourth-order valence-electron chi connectivity index (χ4n) is 3.50. The Morgan fingerprint density at radius 1 is 1.16 bits per heavy atom. The Morgan fingerprint density at radius 3 is 2.26 bits per heavy atom. The molecule has 162 valence electrons. The number of ether oxygens (including phenoxy) is 1. The van der Waals surface area contributed by atoms with Crippen molar-refractivity contribution in [1.29, 1.82) is 5.26 Å². The second-order valence-corrected chi connectivity index (χ2v) is 7.79. The number of hydrogen-bond donors (Lipinski definition) is 1. The highest BCUT2D eigenvalue weighted by molar-refractivity contribution is 7.81. The van der Waals surface area contributed by atoms with E-state index in [1.807, 2.05) is 0 Å². The molecule has 2 aromatic rings. The summed E-state index contributed by atoms with van der Waals surface area (Å²) in [6, 6.07) is 10.9. The predicted octanol–water partition coefficient (Wildman–Crippen LogP) is 4.21. The van der Waals surface area contributed by atoms with E-state index in [4.69, 9.17) is 5.26 Å². The number of amides is 1. The van der Waals surface area contributed by atoms with Gasteiger partial charge < -0.3 is 9.64 Å². The maximum absolute atomic E-state index is 13.4. The average Bonchev–Trinajstić information content (AvgIpc) is 2.90. The molecule has 1 fully saturated rings. The number of rotatable bonds is 3. The number of nitriles is 1. The van der Waals surface area contributed by atoms with E-state index < -0.39 is 40.2 Å². The van der Waals surface area contributed by atoms with E-state index in [1.165, 1.54) is 31.4 Å². The van der Waals surface area contributed by atoms with Gasteiger partial charge in [-0.1, -0.05) is 0 Å². The second-order valence-electron chi connectivity index (χ2n) is 7.33. The van der Waals surface area contributed by atoms with Crippen LogP contribution in [0.15, 0.2) is 42.5 Å². The van der Waals surface area contributed by atoms with Gasteiger partial charge in [0.2, 0.25) is 0 Å². The van der Waals surface area contributed by atoms with Gasteiger partial charge in [-0.25, -0.2) is 4.79 Å². The standard InChI is InChI=1S/C21H18F3N3O3S/c1-20(2)18(29)26(15-9-6-13(11-25)16(10-15)21(22,23)24)19(31)27(20)14-7-4-12(5-8-14)17(28)30-3/h4-10,19,31H,1-3H3. The van der Waals surface area contributed by atoms with Gasteiger partial charge >= 0.3 is 12.1 Å². The largest absolute Gasteiger partial charge is 0.465 e. The van der Waals surface area contributed by atoms with Crippen LogP contribution in [-0.4, -0.2) is 30.0 Å². The third-order valence-corrected chi connectivity index (χ3v) is 5.54. The molecule has 0 aromatic heterocycles. The molecule has 0 spiro atoms. The van der Waals surface area contributed by atoms with Gasteiger partial charge in [0, 0.05) is 11.4 Å². The van der Waals surface area contributed by atoms with Crippen LogP contribution in [0.3, 0.4) is 0 Å². The van der Waals surface area contributed by atoms with Crippen molar-refractivity contribution in [2.45, 2.75) is 31.1 Å². The quantitative estimate of drug-likeness (QED) is 0.562. The van der Waals surface area contributed by atoms with Crippen LogP contribution in [0.5, 0.6) is 0 Å². The molecule has 10 heteroatoms. The van der Waals surface area contributed by atoms with E-state index in [0.29, 0.717) is 11.3 Å². The highest BCUT2D eigenvalue weighted by Crippen LogP contribution is 2.42. The molecule has 1 atom stereocenters. The number of thiol groups is 1. The maximum atomic E-state index is 13.4. The number of halogens is 3. The van der Waals surface area contributed by atoms with Crippen molar-refractivity contribution in [2.24, 2.45) is 0 Å². The third-order valence-electron chi connectivity index (χ3n) is 5.08. The molecule has 1 saturated heterocycles. The molecule has 0 radical (unpaired) electrons. The molecule has 0 saturated carbocycles. The minimum atomic E-state index is -4.76. The van der Waals surface area contributed by atoms with Crippen LogP contribution in [-0.2, 0) is 15.7 Å². The first-order valence-electron chi connectivity index (χ1n) is 9.04. The van der Waals surface area contributed by atoms with E-state index in [9.17, 15) is 22.8 Å². The number of anilines is 2. The first-order valence-corrected chi connectivity index (χ1v) is 9.56. The van der Waals surface area contributed by atoms with Crippen molar-refractivity contribution < 1.29 is 27.5 Å². The van der Waals surface area contributed by atoms with Gasteiger partial charge in [-0.2, -0.15) is 18.4 Å². The smallest absolute Gasteiger partial charge is 0.417 e. The van der Waals surface area contributed by atoms with Gasteiger partial charge in [0.25, 0.3) is 5.91 Å². The Balaban J connectivity index is 2.05. The Labute approximate surface area is 182 Å². The van der Waals surface area contributed by atoms with E-state index in [1.54, 1.807) is 30.9 Å². The lowest BCUT2D eigenvalue weighted by Crippen LogP contribution is -2.44. The molecule has 0 bridgehead atoms. The minimum absolute atomic E-state index is 0.0296. The number of carbonyl (C=O) groups is 2. The van der Waals surface area contributed by atoms with Gasteiger partial charge in [-0.05, 0) is 56.3 Å². The van der Waals surface area contributed by atoms with Crippen molar-refractivity contribution in [3.63, 3.8) is 0 Å². The van der Waals surface area contributed by atoms with Crippen molar-refractivity contribution in [2.75, 3.05) is 16.9 Å².